The molecule has 3 nitrogen and oxygen atoms in total. The predicted molar refractivity (Wildman–Crippen MR) is 69.6 cm³/mol. The number of carbonyl (C=O) groups excluding carboxylic acids is 1. The lowest BCUT2D eigenvalue weighted by atomic mass is 10.1. The van der Waals surface area contributed by atoms with Crippen LogP contribution in [0.25, 0.3) is 0 Å². The molecule has 0 saturated heterocycles. The van der Waals surface area contributed by atoms with Crippen LogP contribution < -0.4 is 11.1 Å². The van der Waals surface area contributed by atoms with Gasteiger partial charge in [-0.1, -0.05) is 25.2 Å². The first-order valence-corrected chi connectivity index (χ1v) is 5.95. The highest BCUT2D eigenvalue weighted by molar-refractivity contribution is 5.96. The van der Waals surface area contributed by atoms with E-state index in [1.54, 1.807) is 0 Å². The van der Waals surface area contributed by atoms with Gasteiger partial charge in [0.15, 0.2) is 0 Å². The molecule has 0 aliphatic carbocycles. The fourth-order valence-corrected chi connectivity index (χ4v) is 1.44. The Morgan fingerprint density at radius 3 is 2.94 bits per heavy atom. The molecular weight excluding hydrogens is 231 g/mol. The van der Waals surface area contributed by atoms with Crippen LogP contribution in [0.15, 0.2) is 18.2 Å². The van der Waals surface area contributed by atoms with E-state index in [1.165, 1.54) is 18.2 Å². The molecule has 0 unspecified atom stereocenters. The van der Waals surface area contributed by atoms with E-state index in [9.17, 15) is 9.18 Å². The summed E-state index contributed by atoms with van der Waals surface area (Å²) < 4.78 is 13.1. The van der Waals surface area contributed by atoms with Crippen molar-refractivity contribution in [2.75, 3.05) is 13.1 Å². The maximum absolute atomic E-state index is 13.1. The van der Waals surface area contributed by atoms with E-state index >= 15 is 0 Å². The van der Waals surface area contributed by atoms with Crippen molar-refractivity contribution in [1.82, 2.24) is 5.32 Å². The van der Waals surface area contributed by atoms with Crippen molar-refractivity contribution in [3.05, 3.63) is 35.1 Å². The van der Waals surface area contributed by atoms with Crippen molar-refractivity contribution in [1.29, 1.82) is 0 Å². The van der Waals surface area contributed by atoms with Gasteiger partial charge in [-0.05, 0) is 24.6 Å². The lowest BCUT2D eigenvalue weighted by Gasteiger charge is -2.06. The van der Waals surface area contributed by atoms with Crippen LogP contribution in [0, 0.1) is 17.7 Å². The molecule has 18 heavy (non-hydrogen) atoms. The van der Waals surface area contributed by atoms with Crippen LogP contribution in [0.1, 0.15) is 35.7 Å². The van der Waals surface area contributed by atoms with Gasteiger partial charge in [0.05, 0.1) is 12.1 Å². The summed E-state index contributed by atoms with van der Waals surface area (Å²) >= 11 is 0. The molecule has 0 aliphatic heterocycles. The molecule has 0 saturated carbocycles. The third-order valence-electron chi connectivity index (χ3n) is 2.37. The summed E-state index contributed by atoms with van der Waals surface area (Å²) in [5.74, 6) is 4.69. The van der Waals surface area contributed by atoms with Gasteiger partial charge in [0.2, 0.25) is 0 Å². The van der Waals surface area contributed by atoms with Crippen molar-refractivity contribution in [3.63, 3.8) is 0 Å². The number of carbonyl (C=O) groups is 1. The molecule has 1 aromatic carbocycles. The highest BCUT2D eigenvalue weighted by Crippen LogP contribution is 2.10. The minimum absolute atomic E-state index is 0.174. The van der Waals surface area contributed by atoms with E-state index in [1.807, 2.05) is 6.92 Å². The lowest BCUT2D eigenvalue weighted by Crippen LogP contribution is -2.25. The van der Waals surface area contributed by atoms with Gasteiger partial charge in [-0.15, -0.1) is 0 Å². The molecule has 96 valence electrons. The third kappa shape index (κ3) is 4.19. The van der Waals surface area contributed by atoms with E-state index in [0.717, 1.165) is 12.8 Å². The first-order valence-electron chi connectivity index (χ1n) is 5.95. The molecule has 1 aromatic rings. The molecule has 3 N–H and O–H groups in total. The van der Waals surface area contributed by atoms with E-state index in [-0.39, 0.29) is 12.5 Å². The summed E-state index contributed by atoms with van der Waals surface area (Å²) in [4.78, 5) is 11.9. The monoisotopic (exact) mass is 248 g/mol. The van der Waals surface area contributed by atoms with Gasteiger partial charge in [0.1, 0.15) is 5.82 Å². The molecular formula is C14H17FN2O. The zero-order chi connectivity index (χ0) is 13.4. The average Bonchev–Trinajstić information content (AvgIpc) is 2.36. The smallest absolute Gasteiger partial charge is 0.252 e. The van der Waals surface area contributed by atoms with E-state index in [0.29, 0.717) is 17.7 Å². The maximum atomic E-state index is 13.1. The van der Waals surface area contributed by atoms with Crippen molar-refractivity contribution in [2.24, 2.45) is 5.73 Å². The van der Waals surface area contributed by atoms with Crippen LogP contribution in [0.2, 0.25) is 0 Å². The standard InChI is InChI=1S/C14H17FN2O/c1-2-3-9-17-14(18)13-7-6-12(15)10-11(13)5-4-8-16/h6-7,10H,2-3,8-9,16H2,1H3,(H,17,18). The Kier molecular flexibility index (Phi) is 5.89. The lowest BCUT2D eigenvalue weighted by molar-refractivity contribution is 0.0953. The van der Waals surface area contributed by atoms with E-state index in [2.05, 4.69) is 17.2 Å². The number of benzene rings is 1. The van der Waals surface area contributed by atoms with Crippen LogP contribution >= 0.6 is 0 Å². The summed E-state index contributed by atoms with van der Waals surface area (Å²) in [5, 5.41) is 2.78. The highest BCUT2D eigenvalue weighted by Gasteiger charge is 2.10. The van der Waals surface area contributed by atoms with Gasteiger partial charge in [0.25, 0.3) is 5.91 Å². The predicted octanol–water partition coefficient (Wildman–Crippen LogP) is 1.67. The van der Waals surface area contributed by atoms with Gasteiger partial charge < -0.3 is 11.1 Å². The fraction of sp³-hybridized carbons (Fsp3) is 0.357. The largest absolute Gasteiger partial charge is 0.352 e. The number of rotatable bonds is 4. The average molecular weight is 248 g/mol. The number of nitrogens with one attached hydrogen (secondary N) is 1. The van der Waals surface area contributed by atoms with Crippen LogP contribution in [0.3, 0.4) is 0 Å². The first-order chi connectivity index (χ1) is 8.69. The van der Waals surface area contributed by atoms with Crippen LogP contribution in [-0.2, 0) is 0 Å². The second-order valence-corrected chi connectivity index (χ2v) is 3.81. The van der Waals surface area contributed by atoms with Crippen LogP contribution in [0.5, 0.6) is 0 Å². The third-order valence-corrected chi connectivity index (χ3v) is 2.37. The minimum Gasteiger partial charge on any atom is -0.352 e. The minimum atomic E-state index is -0.415. The summed E-state index contributed by atoms with van der Waals surface area (Å²) in [7, 11) is 0. The van der Waals surface area contributed by atoms with E-state index in [4.69, 9.17) is 5.73 Å². The molecule has 0 radical (unpaired) electrons. The van der Waals surface area contributed by atoms with Crippen LogP contribution in [-0.4, -0.2) is 19.0 Å². The molecule has 0 heterocycles. The highest BCUT2D eigenvalue weighted by atomic mass is 19.1. The number of halogens is 1. The quantitative estimate of drug-likeness (QED) is 0.629. The molecule has 1 amide bonds. The van der Waals surface area contributed by atoms with Crippen molar-refractivity contribution >= 4 is 5.91 Å². The first kappa shape index (κ1) is 14.2. The number of hydrogen-bond acceptors (Lipinski definition) is 2. The van der Waals surface area contributed by atoms with E-state index < -0.39 is 5.82 Å². The normalized spacial score (nSPS) is 9.50. The summed E-state index contributed by atoms with van der Waals surface area (Å²) in [6.07, 6.45) is 1.92. The Morgan fingerprint density at radius 2 is 2.28 bits per heavy atom. The zero-order valence-electron chi connectivity index (χ0n) is 10.4. The number of unbranched alkanes of at least 4 members (excludes halogenated alkanes) is 1. The zero-order valence-corrected chi connectivity index (χ0v) is 10.4. The van der Waals surface area contributed by atoms with Gasteiger partial charge in [0, 0.05) is 12.1 Å². The Labute approximate surface area is 107 Å². The SMILES string of the molecule is CCCCNC(=O)c1ccc(F)cc1C#CCN. The molecule has 0 aliphatic rings. The Morgan fingerprint density at radius 1 is 1.50 bits per heavy atom. The number of amides is 1. The molecule has 0 atom stereocenters. The van der Waals surface area contributed by atoms with Gasteiger partial charge in [-0.25, -0.2) is 4.39 Å². The summed E-state index contributed by atoms with van der Waals surface area (Å²) in [5.41, 5.74) is 6.02. The molecule has 1 rings (SSSR count). The second kappa shape index (κ2) is 7.46. The number of nitrogens with two attached hydrogens (primary N) is 1. The maximum Gasteiger partial charge on any atom is 0.252 e. The van der Waals surface area contributed by atoms with Crippen molar-refractivity contribution in [3.8, 4) is 11.8 Å². The second-order valence-electron chi connectivity index (χ2n) is 3.81. The molecule has 0 aromatic heterocycles. The molecule has 0 bridgehead atoms. The van der Waals surface area contributed by atoms with Gasteiger partial charge in [-0.3, -0.25) is 4.79 Å². The van der Waals surface area contributed by atoms with Crippen LogP contribution in [0.4, 0.5) is 4.39 Å². The molecule has 0 fully saturated rings. The number of hydrogen-bond donors (Lipinski definition) is 2. The summed E-state index contributed by atoms with van der Waals surface area (Å²) in [6.45, 7) is 2.83. The van der Waals surface area contributed by atoms with Gasteiger partial charge >= 0.3 is 0 Å². The Hall–Kier alpha value is -1.86. The molecule has 4 heteroatoms. The Balaban J connectivity index is 2.89. The van der Waals surface area contributed by atoms with Gasteiger partial charge in [-0.2, -0.15) is 0 Å². The topological polar surface area (TPSA) is 55.1 Å². The summed E-state index contributed by atoms with van der Waals surface area (Å²) in [6, 6.07) is 3.94. The Bertz CT molecular complexity index is 474. The van der Waals surface area contributed by atoms with Crippen molar-refractivity contribution in [2.45, 2.75) is 19.8 Å². The molecule has 0 spiro atoms. The fourth-order valence-electron chi connectivity index (χ4n) is 1.44. The van der Waals surface area contributed by atoms with Crippen molar-refractivity contribution < 1.29 is 9.18 Å².